The molecular weight excluding hydrogens is 306 g/mol. The van der Waals surface area contributed by atoms with Gasteiger partial charge in [0.2, 0.25) is 15.7 Å². The molecule has 1 amide bonds. The highest BCUT2D eigenvalue weighted by atomic mass is 32.2. The predicted octanol–water partition coefficient (Wildman–Crippen LogP) is -0.166. The minimum absolute atomic E-state index is 0.188. The molecule has 4 N–H and O–H groups in total. The van der Waals surface area contributed by atoms with Crippen LogP contribution in [0.15, 0.2) is 29.2 Å². The van der Waals surface area contributed by atoms with E-state index in [0.29, 0.717) is 0 Å². The first kappa shape index (κ1) is 17.5. The van der Waals surface area contributed by atoms with Crippen LogP contribution in [0.25, 0.3) is 0 Å². The van der Waals surface area contributed by atoms with Gasteiger partial charge in [-0.2, -0.15) is 0 Å². The summed E-state index contributed by atoms with van der Waals surface area (Å²) in [6.45, 7) is -1.38. The van der Waals surface area contributed by atoms with Crippen LogP contribution in [0.2, 0.25) is 0 Å². The number of nitrogens with two attached hydrogens (primary N) is 1. The van der Waals surface area contributed by atoms with Gasteiger partial charge in [0.25, 0.3) is 0 Å². The Morgan fingerprint density at radius 2 is 1.86 bits per heavy atom. The molecule has 0 radical (unpaired) electrons. The minimum atomic E-state index is -4.00. The normalized spacial score (nSPS) is 14.5. The van der Waals surface area contributed by atoms with Gasteiger partial charge in [0.05, 0.1) is 17.5 Å². The van der Waals surface area contributed by atoms with Crippen LogP contribution in [0.1, 0.15) is 11.7 Å². The van der Waals surface area contributed by atoms with Crippen molar-refractivity contribution in [2.75, 3.05) is 19.2 Å². The molecule has 9 heteroatoms. The van der Waals surface area contributed by atoms with Crippen LogP contribution < -0.4 is 11.1 Å². The van der Waals surface area contributed by atoms with E-state index in [2.05, 4.69) is 5.32 Å². The van der Waals surface area contributed by atoms with E-state index in [0.717, 1.165) is 12.1 Å². The summed E-state index contributed by atoms with van der Waals surface area (Å²) in [7, 11) is -4.00. The van der Waals surface area contributed by atoms with Crippen LogP contribution in [0.3, 0.4) is 0 Å². The summed E-state index contributed by atoms with van der Waals surface area (Å²) >= 11 is 0. The molecule has 0 aromatic heterocycles. The van der Waals surface area contributed by atoms with Gasteiger partial charge in [0.15, 0.2) is 6.01 Å². The van der Waals surface area contributed by atoms with E-state index >= 15 is 0 Å². The van der Waals surface area contributed by atoms with Crippen molar-refractivity contribution in [3.05, 3.63) is 29.8 Å². The van der Waals surface area contributed by atoms with Crippen molar-refractivity contribution in [2.24, 2.45) is 5.73 Å². The number of nitrogens with one attached hydrogen (secondary N) is 1. The number of hydrogen-bond donors (Lipinski definition) is 3. The molecule has 0 unspecified atom stereocenters. The van der Waals surface area contributed by atoms with Gasteiger partial charge in [-0.3, -0.25) is 4.79 Å². The molecular formula is C12H16F2N2O4S. The van der Waals surface area contributed by atoms with Gasteiger partial charge >= 0.3 is 0 Å². The smallest absolute Gasteiger partial charge is 0.234 e. The molecule has 1 aromatic carbocycles. The molecule has 118 valence electrons. The summed E-state index contributed by atoms with van der Waals surface area (Å²) < 4.78 is 47.8. The SMILES string of the molecule is NCC(=O)N[C@H](CF)[C@H](O)c1ccc(S(=O)(=O)CF)cc1. The zero-order valence-corrected chi connectivity index (χ0v) is 11.8. The third-order valence-electron chi connectivity index (χ3n) is 2.80. The average molecular weight is 322 g/mol. The molecule has 21 heavy (non-hydrogen) atoms. The summed E-state index contributed by atoms with van der Waals surface area (Å²) in [4.78, 5) is 10.9. The first-order valence-corrected chi connectivity index (χ1v) is 7.63. The first-order chi connectivity index (χ1) is 9.85. The fraction of sp³-hybridized carbons (Fsp3) is 0.417. The lowest BCUT2D eigenvalue weighted by Gasteiger charge is -2.21. The Morgan fingerprint density at radius 3 is 2.29 bits per heavy atom. The van der Waals surface area contributed by atoms with Gasteiger partial charge in [-0.25, -0.2) is 17.2 Å². The maximum Gasteiger partial charge on any atom is 0.234 e. The van der Waals surface area contributed by atoms with Gasteiger partial charge < -0.3 is 16.2 Å². The molecule has 0 saturated heterocycles. The van der Waals surface area contributed by atoms with Crippen LogP contribution >= 0.6 is 0 Å². The van der Waals surface area contributed by atoms with E-state index in [4.69, 9.17) is 5.73 Å². The molecule has 6 nitrogen and oxygen atoms in total. The topological polar surface area (TPSA) is 109 Å². The standard InChI is InChI=1S/C12H16F2N2O4S/c13-5-10(16-11(17)6-15)12(18)8-1-3-9(4-2-8)21(19,20)7-14/h1-4,10,12,18H,5-7,15H2,(H,16,17)/t10-,12-/m1/s1. The van der Waals surface area contributed by atoms with E-state index in [1.54, 1.807) is 0 Å². The number of hydrogen-bond acceptors (Lipinski definition) is 5. The molecule has 0 saturated carbocycles. The van der Waals surface area contributed by atoms with Gasteiger partial charge in [0, 0.05) is 0 Å². The van der Waals surface area contributed by atoms with Crippen LogP contribution in [-0.4, -0.2) is 44.7 Å². The number of sulfone groups is 1. The maximum atomic E-state index is 12.9. The molecule has 0 aliphatic heterocycles. The van der Waals surface area contributed by atoms with Gasteiger partial charge in [-0.1, -0.05) is 12.1 Å². The van der Waals surface area contributed by atoms with Crippen LogP contribution in [0, 0.1) is 0 Å². The third-order valence-corrected chi connectivity index (χ3v) is 4.08. The van der Waals surface area contributed by atoms with Crippen molar-refractivity contribution in [3.8, 4) is 0 Å². The zero-order chi connectivity index (χ0) is 16.0. The molecule has 0 bridgehead atoms. The lowest BCUT2D eigenvalue weighted by atomic mass is 10.0. The fourth-order valence-corrected chi connectivity index (χ4v) is 2.31. The second-order valence-electron chi connectivity index (χ2n) is 4.27. The summed E-state index contributed by atoms with van der Waals surface area (Å²) in [5, 5.41) is 12.2. The minimum Gasteiger partial charge on any atom is -0.386 e. The Labute approximate surface area is 120 Å². The Morgan fingerprint density at radius 1 is 1.29 bits per heavy atom. The molecule has 1 rings (SSSR count). The number of halogens is 2. The van der Waals surface area contributed by atoms with E-state index in [1.807, 2.05) is 0 Å². The predicted molar refractivity (Wildman–Crippen MR) is 71.5 cm³/mol. The number of carbonyl (C=O) groups excluding carboxylic acids is 1. The molecule has 0 spiro atoms. The quantitative estimate of drug-likeness (QED) is 0.646. The van der Waals surface area contributed by atoms with Crippen molar-refractivity contribution in [3.63, 3.8) is 0 Å². The first-order valence-electron chi connectivity index (χ1n) is 5.98. The number of alkyl halides is 2. The molecule has 0 aliphatic rings. The Balaban J connectivity index is 2.92. The highest BCUT2D eigenvalue weighted by Crippen LogP contribution is 2.20. The van der Waals surface area contributed by atoms with Crippen molar-refractivity contribution in [1.29, 1.82) is 0 Å². The van der Waals surface area contributed by atoms with Crippen molar-refractivity contribution in [1.82, 2.24) is 5.32 Å². The molecule has 0 aliphatic carbocycles. The lowest BCUT2D eigenvalue weighted by Crippen LogP contribution is -2.43. The number of aliphatic hydroxyl groups excluding tert-OH is 1. The summed E-state index contributed by atoms with van der Waals surface area (Å²) in [6.07, 6.45) is -1.38. The highest BCUT2D eigenvalue weighted by Gasteiger charge is 2.23. The summed E-state index contributed by atoms with van der Waals surface area (Å²) in [6, 6.07) is 1.93. The Hall–Kier alpha value is -1.58. The largest absolute Gasteiger partial charge is 0.386 e. The molecule has 0 heterocycles. The molecule has 0 fully saturated rings. The van der Waals surface area contributed by atoms with E-state index in [9.17, 15) is 27.1 Å². The maximum absolute atomic E-state index is 12.9. The highest BCUT2D eigenvalue weighted by molar-refractivity contribution is 7.91. The summed E-state index contributed by atoms with van der Waals surface area (Å²) in [5.74, 6) is -0.631. The van der Waals surface area contributed by atoms with Gasteiger partial charge in [-0.05, 0) is 17.7 Å². The van der Waals surface area contributed by atoms with Crippen LogP contribution in [0.5, 0.6) is 0 Å². The number of carbonyl (C=O) groups is 1. The van der Waals surface area contributed by atoms with E-state index in [1.165, 1.54) is 12.1 Å². The van der Waals surface area contributed by atoms with Gasteiger partial charge in [0.1, 0.15) is 12.8 Å². The second kappa shape index (κ2) is 7.43. The fourth-order valence-electron chi connectivity index (χ4n) is 1.64. The Kier molecular flexibility index (Phi) is 6.19. The summed E-state index contributed by atoms with van der Waals surface area (Å²) in [5.41, 5.74) is 5.27. The third kappa shape index (κ3) is 4.45. The number of rotatable bonds is 7. The van der Waals surface area contributed by atoms with Crippen LogP contribution in [-0.2, 0) is 14.6 Å². The molecule has 2 atom stereocenters. The lowest BCUT2D eigenvalue weighted by molar-refractivity contribution is -0.121. The van der Waals surface area contributed by atoms with E-state index < -0.39 is 40.6 Å². The average Bonchev–Trinajstić information content (AvgIpc) is 2.51. The number of amides is 1. The number of aliphatic hydroxyl groups is 1. The monoisotopic (exact) mass is 322 g/mol. The van der Waals surface area contributed by atoms with Crippen molar-refractivity contribution >= 4 is 15.7 Å². The second-order valence-corrected chi connectivity index (χ2v) is 6.19. The van der Waals surface area contributed by atoms with Crippen molar-refractivity contribution < 1.29 is 27.1 Å². The molecule has 1 aromatic rings. The van der Waals surface area contributed by atoms with Crippen LogP contribution in [0.4, 0.5) is 8.78 Å². The van der Waals surface area contributed by atoms with E-state index in [-0.39, 0.29) is 17.0 Å². The Bertz CT molecular complexity index is 577. The number of benzene rings is 1. The zero-order valence-electron chi connectivity index (χ0n) is 11.0. The van der Waals surface area contributed by atoms with Crippen molar-refractivity contribution in [2.45, 2.75) is 17.0 Å². The van der Waals surface area contributed by atoms with Gasteiger partial charge in [-0.15, -0.1) is 0 Å².